The Kier molecular flexibility index (Phi) is 5.05. The molecule has 0 spiro atoms. The summed E-state index contributed by atoms with van der Waals surface area (Å²) in [6, 6.07) is 13.1. The molecule has 142 valence electrons. The molecule has 1 saturated heterocycles. The molecule has 1 N–H and O–H groups in total. The number of fused-ring (bicyclic) bond motifs is 1. The molecule has 2 aromatic carbocycles. The van der Waals surface area contributed by atoms with E-state index >= 15 is 0 Å². The summed E-state index contributed by atoms with van der Waals surface area (Å²) < 4.78 is 17.1. The van der Waals surface area contributed by atoms with Crippen LogP contribution in [0, 0.1) is 0 Å². The number of hydrogen-bond donors (Lipinski definition) is 1. The predicted octanol–water partition coefficient (Wildman–Crippen LogP) is 3.46. The number of benzene rings is 2. The molecule has 2 aliphatic rings. The normalized spacial score (nSPS) is 19.4. The Morgan fingerprint density at radius 3 is 2.81 bits per heavy atom. The number of nitrogens with one attached hydrogen (secondary N) is 1. The first-order valence-corrected chi connectivity index (χ1v) is 9.37. The molecule has 1 atom stereocenters. The monoisotopic (exact) mass is 368 g/mol. The first kappa shape index (κ1) is 17.5. The van der Waals surface area contributed by atoms with Crippen molar-refractivity contribution in [3.05, 3.63) is 42.5 Å². The van der Waals surface area contributed by atoms with Gasteiger partial charge in [-0.05, 0) is 37.1 Å². The van der Waals surface area contributed by atoms with Crippen molar-refractivity contribution < 1.29 is 19.0 Å². The lowest BCUT2D eigenvalue weighted by molar-refractivity contribution is -0.120. The number of anilines is 2. The van der Waals surface area contributed by atoms with Crippen LogP contribution in [-0.2, 0) is 4.79 Å². The average Bonchev–Trinajstić information content (AvgIpc) is 2.96. The third kappa shape index (κ3) is 3.52. The number of methoxy groups -OCH3 is 1. The molecule has 6 heteroatoms. The Balaban J connectivity index is 1.58. The zero-order valence-corrected chi connectivity index (χ0v) is 15.4. The van der Waals surface area contributed by atoms with Gasteiger partial charge in [0.1, 0.15) is 11.8 Å². The fraction of sp³-hybridized carbons (Fsp3) is 0.381. The van der Waals surface area contributed by atoms with Gasteiger partial charge in [-0.1, -0.05) is 18.2 Å². The van der Waals surface area contributed by atoms with E-state index in [4.69, 9.17) is 14.2 Å². The summed E-state index contributed by atoms with van der Waals surface area (Å²) >= 11 is 0. The fourth-order valence-corrected chi connectivity index (χ4v) is 3.60. The Morgan fingerprint density at radius 1 is 1.07 bits per heavy atom. The van der Waals surface area contributed by atoms with Crippen LogP contribution in [0.15, 0.2) is 42.5 Å². The van der Waals surface area contributed by atoms with E-state index in [1.54, 1.807) is 12.0 Å². The van der Waals surface area contributed by atoms with Crippen LogP contribution in [0.2, 0.25) is 0 Å². The molecule has 0 aliphatic carbocycles. The molecule has 2 heterocycles. The summed E-state index contributed by atoms with van der Waals surface area (Å²) in [5.41, 5.74) is 1.61. The van der Waals surface area contributed by atoms with E-state index in [2.05, 4.69) is 5.32 Å². The maximum absolute atomic E-state index is 13.2. The van der Waals surface area contributed by atoms with E-state index < -0.39 is 0 Å². The molecule has 2 aliphatic heterocycles. The van der Waals surface area contributed by atoms with Gasteiger partial charge in [0.25, 0.3) is 0 Å². The highest BCUT2D eigenvalue weighted by Crippen LogP contribution is 2.38. The minimum Gasteiger partial charge on any atom is -0.495 e. The Labute approximate surface area is 159 Å². The van der Waals surface area contributed by atoms with Crippen molar-refractivity contribution in [2.24, 2.45) is 0 Å². The van der Waals surface area contributed by atoms with Gasteiger partial charge in [0.05, 0.1) is 31.7 Å². The molecule has 1 fully saturated rings. The number of para-hydroxylation sites is 3. The first-order valence-electron chi connectivity index (χ1n) is 9.37. The number of hydrogen-bond acceptors (Lipinski definition) is 5. The van der Waals surface area contributed by atoms with E-state index in [0.29, 0.717) is 31.3 Å². The van der Waals surface area contributed by atoms with E-state index in [-0.39, 0.29) is 11.9 Å². The van der Waals surface area contributed by atoms with E-state index in [1.165, 1.54) is 0 Å². The lowest BCUT2D eigenvalue weighted by Gasteiger charge is -2.34. The second-order valence-electron chi connectivity index (χ2n) is 6.68. The Morgan fingerprint density at radius 2 is 1.93 bits per heavy atom. The molecular weight excluding hydrogens is 344 g/mol. The van der Waals surface area contributed by atoms with Gasteiger partial charge in [0, 0.05) is 13.0 Å². The molecular formula is C21H24N2O4. The molecule has 0 aromatic heterocycles. The van der Waals surface area contributed by atoms with Crippen molar-refractivity contribution in [1.82, 2.24) is 0 Å². The van der Waals surface area contributed by atoms with Crippen LogP contribution in [0.5, 0.6) is 17.2 Å². The third-order valence-electron chi connectivity index (χ3n) is 4.92. The molecule has 4 rings (SSSR count). The Hall–Kier alpha value is -2.89. The largest absolute Gasteiger partial charge is 0.495 e. The van der Waals surface area contributed by atoms with Gasteiger partial charge in [-0.25, -0.2) is 0 Å². The number of carbonyl (C=O) groups excluding carboxylic acids is 1. The van der Waals surface area contributed by atoms with Gasteiger partial charge < -0.3 is 24.4 Å². The number of piperidine rings is 1. The topological polar surface area (TPSA) is 60.0 Å². The number of rotatable bonds is 4. The second kappa shape index (κ2) is 7.78. The number of nitrogens with zero attached hydrogens (tertiary/aromatic N) is 1. The standard InChI is InChI=1S/C21H24N2O4/c1-25-18-10-3-2-9-17(18)23-12-5-8-16(21(23)24)22-15-7-4-11-19-20(15)27-14-6-13-26-19/h2-4,7,9-11,16,22H,5-6,8,12-14H2,1H3. The van der Waals surface area contributed by atoms with Crippen LogP contribution >= 0.6 is 0 Å². The van der Waals surface area contributed by atoms with Crippen molar-refractivity contribution in [1.29, 1.82) is 0 Å². The Bertz CT molecular complexity index is 824. The van der Waals surface area contributed by atoms with Crippen molar-refractivity contribution in [3.63, 3.8) is 0 Å². The van der Waals surface area contributed by atoms with Gasteiger partial charge >= 0.3 is 0 Å². The van der Waals surface area contributed by atoms with Gasteiger partial charge in [0.2, 0.25) is 5.91 Å². The molecule has 0 bridgehead atoms. The lowest BCUT2D eigenvalue weighted by Crippen LogP contribution is -2.48. The smallest absolute Gasteiger partial charge is 0.249 e. The average molecular weight is 368 g/mol. The van der Waals surface area contributed by atoms with E-state index in [1.807, 2.05) is 42.5 Å². The molecule has 0 radical (unpaired) electrons. The van der Waals surface area contributed by atoms with Crippen LogP contribution in [0.3, 0.4) is 0 Å². The predicted molar refractivity (Wildman–Crippen MR) is 104 cm³/mol. The molecule has 27 heavy (non-hydrogen) atoms. The highest BCUT2D eigenvalue weighted by atomic mass is 16.5. The number of amides is 1. The molecule has 1 unspecified atom stereocenters. The maximum Gasteiger partial charge on any atom is 0.249 e. The van der Waals surface area contributed by atoms with E-state index in [0.717, 1.165) is 36.4 Å². The van der Waals surface area contributed by atoms with Crippen LogP contribution in [0.25, 0.3) is 0 Å². The zero-order chi connectivity index (χ0) is 18.6. The minimum absolute atomic E-state index is 0.0397. The van der Waals surface area contributed by atoms with Crippen LogP contribution in [0.4, 0.5) is 11.4 Å². The minimum atomic E-state index is -0.318. The number of carbonyl (C=O) groups is 1. The zero-order valence-electron chi connectivity index (χ0n) is 15.4. The SMILES string of the molecule is COc1ccccc1N1CCCC(Nc2cccc3c2OCCCO3)C1=O. The lowest BCUT2D eigenvalue weighted by atomic mass is 10.0. The van der Waals surface area contributed by atoms with Crippen molar-refractivity contribution in [2.45, 2.75) is 25.3 Å². The summed E-state index contributed by atoms with van der Waals surface area (Å²) in [7, 11) is 1.62. The molecule has 1 amide bonds. The summed E-state index contributed by atoms with van der Waals surface area (Å²) in [5, 5.41) is 3.39. The quantitative estimate of drug-likeness (QED) is 0.896. The molecule has 2 aromatic rings. The maximum atomic E-state index is 13.2. The molecule has 0 saturated carbocycles. The van der Waals surface area contributed by atoms with Crippen LogP contribution < -0.4 is 24.4 Å². The first-order chi connectivity index (χ1) is 13.3. The third-order valence-corrected chi connectivity index (χ3v) is 4.92. The summed E-state index contributed by atoms with van der Waals surface area (Å²) in [6.45, 7) is 1.93. The van der Waals surface area contributed by atoms with Crippen LogP contribution in [0.1, 0.15) is 19.3 Å². The van der Waals surface area contributed by atoms with Crippen molar-refractivity contribution >= 4 is 17.3 Å². The van der Waals surface area contributed by atoms with Gasteiger partial charge in [-0.2, -0.15) is 0 Å². The van der Waals surface area contributed by atoms with Crippen molar-refractivity contribution in [3.8, 4) is 17.2 Å². The van der Waals surface area contributed by atoms with E-state index in [9.17, 15) is 4.79 Å². The van der Waals surface area contributed by atoms with Gasteiger partial charge in [-0.3, -0.25) is 4.79 Å². The highest BCUT2D eigenvalue weighted by molar-refractivity contribution is 6.00. The highest BCUT2D eigenvalue weighted by Gasteiger charge is 2.32. The van der Waals surface area contributed by atoms with Crippen LogP contribution in [-0.4, -0.2) is 38.8 Å². The molecule has 6 nitrogen and oxygen atoms in total. The number of ether oxygens (including phenoxy) is 3. The van der Waals surface area contributed by atoms with Gasteiger partial charge in [0.15, 0.2) is 11.5 Å². The summed E-state index contributed by atoms with van der Waals surface area (Å²) in [5.74, 6) is 2.16. The summed E-state index contributed by atoms with van der Waals surface area (Å²) in [6.07, 6.45) is 2.53. The fourth-order valence-electron chi connectivity index (χ4n) is 3.60. The van der Waals surface area contributed by atoms with Crippen molar-refractivity contribution in [2.75, 3.05) is 37.1 Å². The van der Waals surface area contributed by atoms with Gasteiger partial charge in [-0.15, -0.1) is 0 Å². The second-order valence-corrected chi connectivity index (χ2v) is 6.68. The summed E-state index contributed by atoms with van der Waals surface area (Å²) in [4.78, 5) is 15.0.